The van der Waals surface area contributed by atoms with Gasteiger partial charge in [-0.2, -0.15) is 0 Å². The number of ether oxygens (including phenoxy) is 3. The van der Waals surface area contributed by atoms with E-state index in [0.717, 1.165) is 42.2 Å². The molecule has 0 radical (unpaired) electrons. The molecule has 1 aliphatic heterocycles. The van der Waals surface area contributed by atoms with E-state index in [0.29, 0.717) is 23.7 Å². The van der Waals surface area contributed by atoms with Crippen LogP contribution in [0.2, 0.25) is 0 Å². The fraction of sp³-hybridized carbons (Fsp3) is 0.320. The Kier molecular flexibility index (Phi) is 6.92. The molecule has 1 atom stereocenters. The van der Waals surface area contributed by atoms with E-state index in [9.17, 15) is 4.79 Å². The second kappa shape index (κ2) is 10.2. The Morgan fingerprint density at radius 3 is 2.39 bits per heavy atom. The molecule has 0 unspecified atom stereocenters. The molecule has 2 heterocycles. The number of amides is 1. The van der Waals surface area contributed by atoms with Crippen LogP contribution in [-0.2, 0) is 4.79 Å². The first-order chi connectivity index (χ1) is 16.1. The van der Waals surface area contributed by atoms with Crippen LogP contribution in [0, 0.1) is 5.92 Å². The predicted molar refractivity (Wildman–Crippen MR) is 127 cm³/mol. The number of anilines is 2. The molecule has 0 bridgehead atoms. The van der Waals surface area contributed by atoms with Crippen molar-refractivity contribution in [2.24, 2.45) is 5.92 Å². The van der Waals surface area contributed by atoms with Crippen molar-refractivity contribution in [2.45, 2.75) is 12.8 Å². The zero-order chi connectivity index (χ0) is 23.2. The topological polar surface area (TPSA) is 85.8 Å². The Balaban J connectivity index is 1.45. The molecule has 3 aromatic rings. The molecular weight excluding hydrogens is 420 g/mol. The lowest BCUT2D eigenvalue weighted by atomic mass is 9.97. The molecule has 2 aromatic carbocycles. The van der Waals surface area contributed by atoms with Crippen molar-refractivity contribution >= 4 is 17.4 Å². The molecule has 1 aliphatic rings. The van der Waals surface area contributed by atoms with Gasteiger partial charge in [-0.3, -0.25) is 4.79 Å². The average Bonchev–Trinajstić information content (AvgIpc) is 2.88. The minimum Gasteiger partial charge on any atom is -0.497 e. The zero-order valence-corrected chi connectivity index (χ0v) is 19.1. The van der Waals surface area contributed by atoms with Gasteiger partial charge >= 0.3 is 0 Å². The van der Waals surface area contributed by atoms with Crippen LogP contribution in [0.15, 0.2) is 54.6 Å². The normalized spacial score (nSPS) is 15.6. The van der Waals surface area contributed by atoms with E-state index < -0.39 is 0 Å². The van der Waals surface area contributed by atoms with Crippen molar-refractivity contribution in [1.29, 1.82) is 0 Å². The number of nitrogens with zero attached hydrogens (tertiary/aromatic N) is 3. The second-order valence-electron chi connectivity index (χ2n) is 7.85. The van der Waals surface area contributed by atoms with E-state index in [4.69, 9.17) is 14.2 Å². The molecule has 1 saturated heterocycles. The van der Waals surface area contributed by atoms with E-state index in [2.05, 4.69) is 20.4 Å². The molecule has 8 heteroatoms. The number of hydrogen-bond acceptors (Lipinski definition) is 7. The monoisotopic (exact) mass is 448 g/mol. The molecule has 0 spiro atoms. The quantitative estimate of drug-likeness (QED) is 0.584. The van der Waals surface area contributed by atoms with Gasteiger partial charge in [-0.25, -0.2) is 0 Å². The fourth-order valence-electron chi connectivity index (χ4n) is 4.02. The molecule has 1 fully saturated rings. The lowest BCUT2D eigenvalue weighted by Gasteiger charge is -2.32. The van der Waals surface area contributed by atoms with Crippen LogP contribution in [0.5, 0.6) is 17.2 Å². The number of piperidine rings is 1. The van der Waals surface area contributed by atoms with Crippen molar-refractivity contribution < 1.29 is 19.0 Å². The number of methoxy groups -OCH3 is 3. The first kappa shape index (κ1) is 22.4. The van der Waals surface area contributed by atoms with Gasteiger partial charge in [-0.05, 0) is 37.1 Å². The minimum atomic E-state index is -0.161. The number of rotatable bonds is 7. The maximum Gasteiger partial charge on any atom is 0.229 e. The smallest absolute Gasteiger partial charge is 0.229 e. The van der Waals surface area contributed by atoms with Gasteiger partial charge in [0.2, 0.25) is 5.91 Å². The molecule has 1 amide bonds. The highest BCUT2D eigenvalue weighted by molar-refractivity contribution is 5.93. The van der Waals surface area contributed by atoms with Crippen LogP contribution in [0.4, 0.5) is 11.5 Å². The van der Waals surface area contributed by atoms with Crippen molar-refractivity contribution in [3.63, 3.8) is 0 Å². The molecule has 1 N–H and O–H groups in total. The second-order valence-corrected chi connectivity index (χ2v) is 7.85. The molecule has 4 rings (SSSR count). The van der Waals surface area contributed by atoms with Crippen molar-refractivity contribution in [3.8, 4) is 28.5 Å². The maximum absolute atomic E-state index is 13.0. The van der Waals surface area contributed by atoms with E-state index in [1.54, 1.807) is 39.5 Å². The van der Waals surface area contributed by atoms with E-state index >= 15 is 0 Å². The average molecular weight is 449 g/mol. The predicted octanol–water partition coefficient (Wildman–Crippen LogP) is 4.02. The highest BCUT2D eigenvalue weighted by Gasteiger charge is 2.27. The summed E-state index contributed by atoms with van der Waals surface area (Å²) >= 11 is 0. The SMILES string of the molecule is COc1cc(NC(=O)[C@@H]2CCCN(c3ccc(-c4ccccc4OC)nn3)C2)cc(OC)c1. The molecule has 8 nitrogen and oxygen atoms in total. The van der Waals surface area contributed by atoms with Crippen LogP contribution < -0.4 is 24.4 Å². The van der Waals surface area contributed by atoms with E-state index in [1.165, 1.54) is 0 Å². The van der Waals surface area contributed by atoms with Crippen molar-refractivity contribution in [2.75, 3.05) is 44.6 Å². The van der Waals surface area contributed by atoms with Crippen LogP contribution in [-0.4, -0.2) is 50.5 Å². The summed E-state index contributed by atoms with van der Waals surface area (Å²) in [5.41, 5.74) is 2.28. The molecule has 0 aliphatic carbocycles. The summed E-state index contributed by atoms with van der Waals surface area (Å²) in [5.74, 6) is 2.57. The summed E-state index contributed by atoms with van der Waals surface area (Å²) in [5, 5.41) is 11.8. The number of carbonyl (C=O) groups is 1. The Morgan fingerprint density at radius 2 is 1.73 bits per heavy atom. The van der Waals surface area contributed by atoms with Gasteiger partial charge < -0.3 is 24.4 Å². The molecule has 172 valence electrons. The first-order valence-electron chi connectivity index (χ1n) is 10.9. The van der Waals surface area contributed by atoms with Gasteiger partial charge in [-0.15, -0.1) is 10.2 Å². The largest absolute Gasteiger partial charge is 0.497 e. The Morgan fingerprint density at radius 1 is 0.970 bits per heavy atom. The van der Waals surface area contributed by atoms with Gasteiger partial charge in [-0.1, -0.05) is 12.1 Å². The third kappa shape index (κ3) is 5.16. The minimum absolute atomic E-state index is 0.0337. The lowest BCUT2D eigenvalue weighted by Crippen LogP contribution is -2.41. The summed E-state index contributed by atoms with van der Waals surface area (Å²) in [6.07, 6.45) is 1.71. The standard InChI is InChI=1S/C25H28N4O4/c1-31-19-13-18(14-20(15-19)32-2)26-25(30)17-7-6-12-29(16-17)24-11-10-22(27-28-24)21-8-4-5-9-23(21)33-3/h4-5,8-11,13-15,17H,6-7,12,16H2,1-3H3,(H,26,30)/t17-/m1/s1. The number of nitrogens with one attached hydrogen (secondary N) is 1. The van der Waals surface area contributed by atoms with E-state index in [1.807, 2.05) is 36.4 Å². The summed E-state index contributed by atoms with van der Waals surface area (Å²) < 4.78 is 16.0. The summed E-state index contributed by atoms with van der Waals surface area (Å²) in [7, 11) is 4.81. The van der Waals surface area contributed by atoms with Crippen LogP contribution in [0.1, 0.15) is 12.8 Å². The summed E-state index contributed by atoms with van der Waals surface area (Å²) in [4.78, 5) is 15.1. The third-order valence-corrected chi connectivity index (χ3v) is 5.77. The van der Waals surface area contributed by atoms with Gasteiger partial charge in [0.1, 0.15) is 17.2 Å². The van der Waals surface area contributed by atoms with E-state index in [-0.39, 0.29) is 11.8 Å². The Labute approximate surface area is 193 Å². The van der Waals surface area contributed by atoms with Crippen molar-refractivity contribution in [3.05, 3.63) is 54.6 Å². The highest BCUT2D eigenvalue weighted by Crippen LogP contribution is 2.30. The summed E-state index contributed by atoms with van der Waals surface area (Å²) in [6.45, 7) is 1.41. The van der Waals surface area contributed by atoms with Crippen LogP contribution in [0.3, 0.4) is 0 Å². The van der Waals surface area contributed by atoms with Gasteiger partial charge in [0, 0.05) is 42.5 Å². The maximum atomic E-state index is 13.0. The summed E-state index contributed by atoms with van der Waals surface area (Å²) in [6, 6.07) is 16.9. The molecule has 33 heavy (non-hydrogen) atoms. The van der Waals surface area contributed by atoms with Gasteiger partial charge in [0.25, 0.3) is 0 Å². The Hall–Kier alpha value is -3.81. The zero-order valence-electron chi connectivity index (χ0n) is 19.1. The first-order valence-corrected chi connectivity index (χ1v) is 10.9. The highest BCUT2D eigenvalue weighted by atomic mass is 16.5. The number of aromatic nitrogens is 2. The molecule has 1 aromatic heterocycles. The van der Waals surface area contributed by atoms with Crippen LogP contribution in [0.25, 0.3) is 11.3 Å². The van der Waals surface area contributed by atoms with Gasteiger partial charge in [0.15, 0.2) is 5.82 Å². The number of carbonyl (C=O) groups excluding carboxylic acids is 1. The fourth-order valence-corrected chi connectivity index (χ4v) is 4.02. The molecule has 0 saturated carbocycles. The lowest BCUT2D eigenvalue weighted by molar-refractivity contribution is -0.120. The van der Waals surface area contributed by atoms with Crippen LogP contribution >= 0.6 is 0 Å². The number of benzene rings is 2. The van der Waals surface area contributed by atoms with Crippen molar-refractivity contribution in [1.82, 2.24) is 10.2 Å². The third-order valence-electron chi connectivity index (χ3n) is 5.77. The number of para-hydroxylation sites is 1. The van der Waals surface area contributed by atoms with Gasteiger partial charge in [0.05, 0.1) is 32.9 Å². The Bertz CT molecular complexity index is 1080. The molecular formula is C25H28N4O4. The number of hydrogen-bond donors (Lipinski definition) is 1.